The highest BCUT2D eigenvalue weighted by molar-refractivity contribution is 5.94. The van der Waals surface area contributed by atoms with Crippen molar-refractivity contribution in [2.24, 2.45) is 11.5 Å². The fraction of sp³-hybridized carbons (Fsp3) is 0.125. The molecule has 6 heteroatoms. The number of rotatable bonds is 2. The predicted octanol–water partition coefficient (Wildman–Crippen LogP) is -1.33. The second kappa shape index (κ2) is 3.73. The van der Waals surface area contributed by atoms with Gasteiger partial charge in [0.05, 0.1) is 5.82 Å². The highest BCUT2D eigenvalue weighted by atomic mass is 16.2. The Morgan fingerprint density at radius 2 is 2.36 bits per heavy atom. The number of hydrogen-bond donors (Lipinski definition) is 4. The minimum absolute atomic E-state index is 0.0781. The monoisotopic (exact) mass is 195 g/mol. The van der Waals surface area contributed by atoms with E-state index in [0.717, 1.165) is 0 Å². The van der Waals surface area contributed by atoms with Crippen molar-refractivity contribution in [3.8, 4) is 0 Å². The Kier molecular flexibility index (Phi) is 2.66. The molecule has 0 aromatic heterocycles. The molecule has 0 aliphatic carbocycles. The van der Waals surface area contributed by atoms with Crippen LogP contribution in [0.25, 0.3) is 0 Å². The van der Waals surface area contributed by atoms with Crippen LogP contribution in [0.15, 0.2) is 36.3 Å². The summed E-state index contributed by atoms with van der Waals surface area (Å²) in [7, 11) is 1.73. The van der Waals surface area contributed by atoms with E-state index in [1.165, 1.54) is 0 Å². The quantitative estimate of drug-likeness (QED) is 0.437. The van der Waals surface area contributed by atoms with Gasteiger partial charge < -0.3 is 27.0 Å². The number of carbonyl (C=O) groups is 1. The van der Waals surface area contributed by atoms with Gasteiger partial charge in [-0.05, 0) is 0 Å². The van der Waals surface area contributed by atoms with Gasteiger partial charge in [0.1, 0.15) is 11.5 Å². The number of carbonyl (C=O) groups excluding carboxylic acids is 1. The van der Waals surface area contributed by atoms with E-state index >= 15 is 0 Å². The van der Waals surface area contributed by atoms with Crippen molar-refractivity contribution in [1.29, 1.82) is 0 Å². The first kappa shape index (κ1) is 9.97. The summed E-state index contributed by atoms with van der Waals surface area (Å²) in [5, 5.41) is 5.08. The van der Waals surface area contributed by atoms with Crippen LogP contribution < -0.4 is 22.1 Å². The third kappa shape index (κ3) is 1.98. The molecule has 0 saturated heterocycles. The maximum Gasteiger partial charge on any atom is 0.276 e. The van der Waals surface area contributed by atoms with Gasteiger partial charge in [-0.3, -0.25) is 4.79 Å². The third-order valence-electron chi connectivity index (χ3n) is 1.66. The average molecular weight is 195 g/mol. The fourth-order valence-corrected chi connectivity index (χ4v) is 0.953. The zero-order chi connectivity index (χ0) is 10.7. The molecule has 6 nitrogen and oxygen atoms in total. The Labute approximate surface area is 81.9 Å². The van der Waals surface area contributed by atoms with Crippen LogP contribution in [0.1, 0.15) is 0 Å². The Hall–Kier alpha value is -2.11. The lowest BCUT2D eigenvalue weighted by atomic mass is 10.3. The Morgan fingerprint density at radius 3 is 2.93 bits per heavy atom. The summed E-state index contributed by atoms with van der Waals surface area (Å²) in [6, 6.07) is 0. The van der Waals surface area contributed by atoms with Crippen molar-refractivity contribution in [3.63, 3.8) is 0 Å². The van der Waals surface area contributed by atoms with Crippen molar-refractivity contribution in [2.75, 3.05) is 7.05 Å². The van der Waals surface area contributed by atoms with E-state index in [1.807, 2.05) is 0 Å². The largest absolute Gasteiger partial charge is 0.386 e. The minimum Gasteiger partial charge on any atom is -0.386 e. The van der Waals surface area contributed by atoms with Crippen LogP contribution >= 0.6 is 0 Å². The molecule has 0 unspecified atom stereocenters. The zero-order valence-electron chi connectivity index (χ0n) is 7.87. The molecule has 0 aromatic rings. The summed E-state index contributed by atoms with van der Waals surface area (Å²) in [5.74, 6) is -0.00763. The lowest BCUT2D eigenvalue weighted by Crippen LogP contribution is -2.38. The minimum atomic E-state index is -0.411. The molecule has 0 saturated carbocycles. The smallest absolute Gasteiger partial charge is 0.276 e. The second-order valence-corrected chi connectivity index (χ2v) is 2.81. The van der Waals surface area contributed by atoms with Crippen molar-refractivity contribution < 1.29 is 4.79 Å². The lowest BCUT2D eigenvalue weighted by Gasteiger charge is -2.22. The van der Waals surface area contributed by atoms with Crippen LogP contribution in [-0.2, 0) is 4.79 Å². The second-order valence-electron chi connectivity index (χ2n) is 2.81. The molecular formula is C8H13N5O. The van der Waals surface area contributed by atoms with Crippen LogP contribution in [0.4, 0.5) is 0 Å². The normalized spacial score (nSPS) is 15.1. The molecule has 1 aliphatic heterocycles. The fourth-order valence-electron chi connectivity index (χ4n) is 0.953. The van der Waals surface area contributed by atoms with Crippen LogP contribution in [0.5, 0.6) is 0 Å². The number of amides is 1. The first-order valence-corrected chi connectivity index (χ1v) is 3.94. The van der Waals surface area contributed by atoms with E-state index in [0.29, 0.717) is 5.82 Å². The molecule has 0 radical (unpaired) electrons. The van der Waals surface area contributed by atoms with E-state index in [1.54, 1.807) is 24.3 Å². The molecule has 1 rings (SSSR count). The van der Waals surface area contributed by atoms with E-state index in [4.69, 9.17) is 11.5 Å². The van der Waals surface area contributed by atoms with Gasteiger partial charge in [-0.2, -0.15) is 0 Å². The molecular weight excluding hydrogens is 182 g/mol. The van der Waals surface area contributed by atoms with Crippen LogP contribution in [0.3, 0.4) is 0 Å². The average Bonchev–Trinajstić information content (AvgIpc) is 2.08. The van der Waals surface area contributed by atoms with Gasteiger partial charge in [-0.1, -0.05) is 6.58 Å². The van der Waals surface area contributed by atoms with Crippen molar-refractivity contribution in [1.82, 2.24) is 15.5 Å². The van der Waals surface area contributed by atoms with Gasteiger partial charge in [0.2, 0.25) is 0 Å². The maximum absolute atomic E-state index is 11.5. The summed E-state index contributed by atoms with van der Waals surface area (Å²) in [6.45, 7) is 3.36. The number of nitrogens with zero attached hydrogens (tertiary/aromatic N) is 1. The van der Waals surface area contributed by atoms with Crippen molar-refractivity contribution >= 4 is 5.91 Å². The summed E-state index contributed by atoms with van der Waals surface area (Å²) >= 11 is 0. The summed E-state index contributed by atoms with van der Waals surface area (Å²) < 4.78 is 0. The van der Waals surface area contributed by atoms with Crippen LogP contribution in [0.2, 0.25) is 0 Å². The zero-order valence-corrected chi connectivity index (χ0v) is 7.87. The molecule has 0 fully saturated rings. The topological polar surface area (TPSA) is 96.4 Å². The number of nitrogens with two attached hydrogens (primary N) is 2. The van der Waals surface area contributed by atoms with Crippen LogP contribution in [-0.4, -0.2) is 17.9 Å². The van der Waals surface area contributed by atoms with E-state index in [-0.39, 0.29) is 11.5 Å². The summed E-state index contributed by atoms with van der Waals surface area (Å²) in [4.78, 5) is 13.1. The predicted molar refractivity (Wildman–Crippen MR) is 52.7 cm³/mol. The Morgan fingerprint density at radius 1 is 1.71 bits per heavy atom. The van der Waals surface area contributed by atoms with E-state index in [2.05, 4.69) is 17.2 Å². The molecule has 0 spiro atoms. The van der Waals surface area contributed by atoms with Gasteiger partial charge in [0, 0.05) is 19.4 Å². The Bertz CT molecular complexity index is 331. The first-order valence-electron chi connectivity index (χ1n) is 3.94. The van der Waals surface area contributed by atoms with Gasteiger partial charge in [-0.25, -0.2) is 0 Å². The molecule has 1 heterocycles. The molecule has 0 bridgehead atoms. The summed E-state index contributed by atoms with van der Waals surface area (Å²) in [5.41, 5.74) is 11.1. The SMILES string of the molecule is C=C(N)NC(=O)C1=C(N)N(C)C=CN1. The maximum atomic E-state index is 11.5. The number of hydrogen-bond acceptors (Lipinski definition) is 5. The number of nitrogens with one attached hydrogen (secondary N) is 2. The van der Waals surface area contributed by atoms with Gasteiger partial charge >= 0.3 is 0 Å². The molecule has 1 aliphatic rings. The van der Waals surface area contributed by atoms with E-state index in [9.17, 15) is 4.79 Å². The van der Waals surface area contributed by atoms with E-state index < -0.39 is 5.91 Å². The van der Waals surface area contributed by atoms with Gasteiger partial charge in [0.15, 0.2) is 0 Å². The Balaban J connectivity index is 2.81. The van der Waals surface area contributed by atoms with Gasteiger partial charge in [0.25, 0.3) is 5.91 Å². The molecule has 14 heavy (non-hydrogen) atoms. The molecule has 1 amide bonds. The first-order chi connectivity index (χ1) is 6.52. The van der Waals surface area contributed by atoms with Gasteiger partial charge in [-0.15, -0.1) is 0 Å². The molecule has 76 valence electrons. The molecule has 0 atom stereocenters. The highest BCUT2D eigenvalue weighted by Crippen LogP contribution is 2.06. The summed E-state index contributed by atoms with van der Waals surface area (Å²) in [6.07, 6.45) is 3.30. The van der Waals surface area contributed by atoms with Crippen molar-refractivity contribution in [2.45, 2.75) is 0 Å². The molecule has 0 aromatic carbocycles. The lowest BCUT2D eigenvalue weighted by molar-refractivity contribution is -0.117. The third-order valence-corrected chi connectivity index (χ3v) is 1.66. The molecule has 6 N–H and O–H groups in total. The standard InChI is InChI=1S/C8H13N5O/c1-5(9)12-8(14)6-7(10)13(2)4-3-11-6/h3-4,11H,1,9-10H2,2H3,(H,12,14). The van der Waals surface area contributed by atoms with Crippen molar-refractivity contribution in [3.05, 3.63) is 36.3 Å². The highest BCUT2D eigenvalue weighted by Gasteiger charge is 2.17. The van der Waals surface area contributed by atoms with Crippen LogP contribution in [0, 0.1) is 0 Å².